The fourth-order valence-electron chi connectivity index (χ4n) is 2.05. The number of aromatic amines is 2. The average Bonchev–Trinajstić information content (AvgIpc) is 2.68. The predicted molar refractivity (Wildman–Crippen MR) is 83.0 cm³/mol. The number of imidazole rings is 1. The van der Waals surface area contributed by atoms with Crippen molar-refractivity contribution in [2.45, 2.75) is 26.3 Å². The summed E-state index contributed by atoms with van der Waals surface area (Å²) in [6.45, 7) is 4.79. The van der Waals surface area contributed by atoms with Crippen molar-refractivity contribution < 1.29 is 4.79 Å². The molecule has 0 fully saturated rings. The number of anilines is 1. The van der Waals surface area contributed by atoms with Crippen molar-refractivity contribution in [1.82, 2.24) is 15.3 Å². The summed E-state index contributed by atoms with van der Waals surface area (Å²) in [5.41, 5.74) is 1.73. The molecule has 0 aliphatic heterocycles. The van der Waals surface area contributed by atoms with Crippen LogP contribution in [0, 0.1) is 0 Å². The number of carbonyl (C=O) groups excluding carboxylic acids is 1. The molecule has 0 aliphatic rings. The van der Waals surface area contributed by atoms with Crippen LogP contribution in [0.5, 0.6) is 0 Å². The van der Waals surface area contributed by atoms with E-state index < -0.39 is 0 Å². The van der Waals surface area contributed by atoms with Crippen LogP contribution in [0.25, 0.3) is 11.0 Å². The Morgan fingerprint density at radius 3 is 2.65 bits per heavy atom. The molecule has 108 valence electrons. The lowest BCUT2D eigenvalue weighted by molar-refractivity contribution is -0.116. The molecular formula is C13H17BrN4O2. The zero-order valence-electron chi connectivity index (χ0n) is 11.3. The molecule has 20 heavy (non-hydrogen) atoms. The maximum absolute atomic E-state index is 11.9. The zero-order valence-corrected chi connectivity index (χ0v) is 12.9. The van der Waals surface area contributed by atoms with Gasteiger partial charge in [0.25, 0.3) is 0 Å². The van der Waals surface area contributed by atoms with Crippen molar-refractivity contribution in [3.63, 3.8) is 0 Å². The van der Waals surface area contributed by atoms with Crippen LogP contribution < -0.4 is 16.3 Å². The molecule has 2 rings (SSSR count). The topological polar surface area (TPSA) is 89.8 Å². The van der Waals surface area contributed by atoms with Gasteiger partial charge in [-0.2, -0.15) is 0 Å². The molecule has 6 nitrogen and oxygen atoms in total. The Morgan fingerprint density at radius 2 is 2.00 bits per heavy atom. The summed E-state index contributed by atoms with van der Waals surface area (Å²) in [6.07, 6.45) is 0.391. The second kappa shape index (κ2) is 6.23. The molecule has 1 unspecified atom stereocenters. The maximum Gasteiger partial charge on any atom is 0.323 e. The summed E-state index contributed by atoms with van der Waals surface area (Å²) in [5, 5.41) is 6.02. The Hall–Kier alpha value is -1.60. The van der Waals surface area contributed by atoms with Gasteiger partial charge >= 0.3 is 5.69 Å². The fourth-order valence-corrected chi connectivity index (χ4v) is 2.49. The first-order valence-electron chi connectivity index (χ1n) is 6.44. The number of fused-ring (bicyclic) bond motifs is 1. The fraction of sp³-hybridized carbons (Fsp3) is 0.385. The lowest BCUT2D eigenvalue weighted by Gasteiger charge is -2.13. The maximum atomic E-state index is 11.9. The van der Waals surface area contributed by atoms with E-state index in [0.29, 0.717) is 23.1 Å². The van der Waals surface area contributed by atoms with Gasteiger partial charge in [0, 0.05) is 16.9 Å². The first-order chi connectivity index (χ1) is 9.49. The number of rotatable bonds is 5. The molecule has 1 aromatic carbocycles. The van der Waals surface area contributed by atoms with Gasteiger partial charge in [-0.15, -0.1) is 0 Å². The van der Waals surface area contributed by atoms with Gasteiger partial charge in [0.2, 0.25) is 5.91 Å². The molecule has 0 aliphatic carbocycles. The summed E-state index contributed by atoms with van der Waals surface area (Å²) >= 11 is 3.39. The molecule has 0 saturated heterocycles. The molecule has 1 heterocycles. The summed E-state index contributed by atoms with van der Waals surface area (Å²) < 4.78 is 0.727. The molecule has 1 amide bonds. The molecule has 0 bridgehead atoms. The van der Waals surface area contributed by atoms with Crippen molar-refractivity contribution in [3.05, 3.63) is 27.1 Å². The van der Waals surface area contributed by atoms with Crippen LogP contribution in [-0.4, -0.2) is 28.5 Å². The second-order valence-corrected chi connectivity index (χ2v) is 5.52. The van der Waals surface area contributed by atoms with E-state index in [4.69, 9.17) is 0 Å². The number of hydrogen-bond donors (Lipinski definition) is 4. The molecule has 0 radical (unpaired) electrons. The number of nitrogens with one attached hydrogen (secondary N) is 4. The van der Waals surface area contributed by atoms with Crippen LogP contribution in [0.1, 0.15) is 20.3 Å². The largest absolute Gasteiger partial charge is 0.325 e. The Labute approximate surface area is 124 Å². The van der Waals surface area contributed by atoms with Crippen LogP contribution in [0.2, 0.25) is 0 Å². The van der Waals surface area contributed by atoms with Gasteiger partial charge in [0.05, 0.1) is 16.7 Å². The van der Waals surface area contributed by atoms with Gasteiger partial charge in [-0.3, -0.25) is 4.79 Å². The van der Waals surface area contributed by atoms with E-state index in [2.05, 4.69) is 36.5 Å². The smallest absolute Gasteiger partial charge is 0.323 e. The predicted octanol–water partition coefficient (Wildman–Crippen LogP) is 1.95. The van der Waals surface area contributed by atoms with Gasteiger partial charge in [-0.25, -0.2) is 4.79 Å². The van der Waals surface area contributed by atoms with Crippen molar-refractivity contribution in [2.24, 2.45) is 0 Å². The highest BCUT2D eigenvalue weighted by atomic mass is 79.9. The lowest BCUT2D eigenvalue weighted by Crippen LogP contribution is -2.30. The molecule has 7 heteroatoms. The number of aromatic nitrogens is 2. The Kier molecular flexibility index (Phi) is 4.61. The van der Waals surface area contributed by atoms with Crippen molar-refractivity contribution >= 4 is 38.6 Å². The van der Waals surface area contributed by atoms with Crippen LogP contribution in [0.15, 0.2) is 21.4 Å². The zero-order chi connectivity index (χ0) is 14.7. The molecule has 1 aromatic heterocycles. The van der Waals surface area contributed by atoms with Crippen molar-refractivity contribution in [2.75, 3.05) is 11.9 Å². The molecule has 2 aromatic rings. The average molecular weight is 341 g/mol. The lowest BCUT2D eigenvalue weighted by atomic mass is 10.2. The van der Waals surface area contributed by atoms with E-state index in [1.807, 2.05) is 13.8 Å². The van der Waals surface area contributed by atoms with E-state index in [1.54, 1.807) is 12.1 Å². The number of H-pyrrole nitrogens is 2. The van der Waals surface area contributed by atoms with E-state index in [1.165, 1.54) is 0 Å². The second-order valence-electron chi connectivity index (χ2n) is 4.67. The minimum absolute atomic E-state index is 0.0728. The molecule has 0 spiro atoms. The summed E-state index contributed by atoms with van der Waals surface area (Å²) in [5.74, 6) is -0.0728. The number of amides is 1. The van der Waals surface area contributed by atoms with E-state index in [0.717, 1.165) is 11.0 Å². The van der Waals surface area contributed by atoms with Crippen LogP contribution in [0.4, 0.5) is 5.69 Å². The monoisotopic (exact) mass is 340 g/mol. The summed E-state index contributed by atoms with van der Waals surface area (Å²) in [4.78, 5) is 28.5. The van der Waals surface area contributed by atoms with Gasteiger partial charge < -0.3 is 20.6 Å². The SMILES string of the molecule is CCNC(C)CC(=O)Nc1cc2[nH]c(=O)[nH]c2cc1Br. The quantitative estimate of drug-likeness (QED) is 0.670. The highest BCUT2D eigenvalue weighted by molar-refractivity contribution is 9.10. The van der Waals surface area contributed by atoms with Crippen LogP contribution in [-0.2, 0) is 4.79 Å². The van der Waals surface area contributed by atoms with Crippen LogP contribution >= 0.6 is 15.9 Å². The Morgan fingerprint density at radius 1 is 1.35 bits per heavy atom. The van der Waals surface area contributed by atoms with Gasteiger partial charge in [-0.1, -0.05) is 6.92 Å². The normalized spacial score (nSPS) is 12.6. The summed E-state index contributed by atoms with van der Waals surface area (Å²) in [7, 11) is 0. The third-order valence-corrected chi connectivity index (χ3v) is 3.58. The third-order valence-electron chi connectivity index (χ3n) is 2.92. The Bertz CT molecular complexity index is 677. The Balaban J connectivity index is 2.14. The van der Waals surface area contributed by atoms with Gasteiger partial charge in [0.1, 0.15) is 0 Å². The minimum atomic E-state index is -0.267. The van der Waals surface area contributed by atoms with Gasteiger partial charge in [0.15, 0.2) is 0 Å². The number of carbonyl (C=O) groups is 1. The van der Waals surface area contributed by atoms with E-state index in [-0.39, 0.29) is 17.6 Å². The van der Waals surface area contributed by atoms with Crippen LogP contribution in [0.3, 0.4) is 0 Å². The first-order valence-corrected chi connectivity index (χ1v) is 7.23. The molecule has 4 N–H and O–H groups in total. The van der Waals surface area contributed by atoms with E-state index >= 15 is 0 Å². The summed E-state index contributed by atoms with van der Waals surface area (Å²) in [6, 6.07) is 3.61. The molecule has 0 saturated carbocycles. The number of halogens is 1. The molecule has 1 atom stereocenters. The number of hydrogen-bond acceptors (Lipinski definition) is 3. The van der Waals surface area contributed by atoms with E-state index in [9.17, 15) is 9.59 Å². The molecular weight excluding hydrogens is 324 g/mol. The highest BCUT2D eigenvalue weighted by Crippen LogP contribution is 2.26. The minimum Gasteiger partial charge on any atom is -0.325 e. The first kappa shape index (κ1) is 14.8. The van der Waals surface area contributed by atoms with Crippen molar-refractivity contribution in [3.8, 4) is 0 Å². The van der Waals surface area contributed by atoms with Gasteiger partial charge in [-0.05, 0) is 41.5 Å². The standard InChI is InChI=1S/C13H17BrN4O2/c1-3-15-7(2)4-12(19)16-9-6-11-10(5-8(9)14)17-13(20)18-11/h5-7,15H,3-4H2,1-2H3,(H,16,19)(H2,17,18,20). The third kappa shape index (κ3) is 3.49. The highest BCUT2D eigenvalue weighted by Gasteiger charge is 2.11. The number of benzene rings is 1. The van der Waals surface area contributed by atoms with Crippen molar-refractivity contribution in [1.29, 1.82) is 0 Å².